The molecule has 1 aromatic heterocycles. The van der Waals surface area contributed by atoms with Crippen LogP contribution in [-0.2, 0) is 4.74 Å². The first-order valence-electron chi connectivity index (χ1n) is 6.77. The molecule has 110 valence electrons. The van der Waals surface area contributed by atoms with Crippen molar-refractivity contribution in [1.29, 1.82) is 0 Å². The van der Waals surface area contributed by atoms with Crippen molar-refractivity contribution in [2.75, 3.05) is 19.8 Å². The first kappa shape index (κ1) is 13.8. The van der Waals surface area contributed by atoms with Crippen molar-refractivity contribution in [3.05, 3.63) is 42.1 Å². The van der Waals surface area contributed by atoms with Crippen LogP contribution in [-0.4, -0.2) is 52.0 Å². The van der Waals surface area contributed by atoms with Gasteiger partial charge < -0.3 is 14.9 Å². The molecule has 0 radical (unpaired) electrons. The minimum Gasteiger partial charge on any atom is -0.465 e. The van der Waals surface area contributed by atoms with Crippen LogP contribution < -0.4 is 0 Å². The van der Waals surface area contributed by atoms with Gasteiger partial charge in [-0.25, -0.2) is 4.79 Å². The van der Waals surface area contributed by atoms with Gasteiger partial charge in [-0.2, -0.15) is 0 Å². The second-order valence-electron chi connectivity index (χ2n) is 4.99. The molecule has 0 bridgehead atoms. The summed E-state index contributed by atoms with van der Waals surface area (Å²) in [7, 11) is 0. The summed E-state index contributed by atoms with van der Waals surface area (Å²) in [6.45, 7) is 0.787. The zero-order valence-electron chi connectivity index (χ0n) is 11.3. The summed E-state index contributed by atoms with van der Waals surface area (Å²) in [6, 6.07) is 8.62. The van der Waals surface area contributed by atoms with E-state index < -0.39 is 18.2 Å². The maximum atomic E-state index is 11.3. The second kappa shape index (κ2) is 5.67. The third kappa shape index (κ3) is 2.55. The molecular weight excluding hydrogens is 272 g/mol. The van der Waals surface area contributed by atoms with Crippen LogP contribution in [0.3, 0.4) is 0 Å². The summed E-state index contributed by atoms with van der Waals surface area (Å²) >= 11 is 0. The second-order valence-corrected chi connectivity index (χ2v) is 4.99. The van der Waals surface area contributed by atoms with E-state index in [1.54, 1.807) is 12.3 Å². The number of fused-ring (bicyclic) bond motifs is 1. The van der Waals surface area contributed by atoms with Crippen molar-refractivity contribution < 1.29 is 19.7 Å². The maximum absolute atomic E-state index is 11.3. The zero-order chi connectivity index (χ0) is 14.8. The van der Waals surface area contributed by atoms with Crippen LogP contribution in [0.25, 0.3) is 10.9 Å². The van der Waals surface area contributed by atoms with E-state index in [0.29, 0.717) is 17.7 Å². The van der Waals surface area contributed by atoms with Crippen LogP contribution in [0.15, 0.2) is 36.5 Å². The minimum atomic E-state index is -1.05. The lowest BCUT2D eigenvalue weighted by molar-refractivity contribution is -0.0488. The van der Waals surface area contributed by atoms with E-state index in [1.807, 2.05) is 24.3 Å². The van der Waals surface area contributed by atoms with Crippen LogP contribution in [0.5, 0.6) is 0 Å². The number of pyridine rings is 1. The summed E-state index contributed by atoms with van der Waals surface area (Å²) in [5.41, 5.74) is 1.30. The Morgan fingerprint density at radius 2 is 2.19 bits per heavy atom. The molecule has 1 aliphatic rings. The number of benzene rings is 1. The lowest BCUT2D eigenvalue weighted by Gasteiger charge is -2.36. The van der Waals surface area contributed by atoms with Crippen LogP contribution in [0, 0.1) is 0 Å². The molecule has 1 fully saturated rings. The maximum Gasteiger partial charge on any atom is 0.407 e. The lowest BCUT2D eigenvalue weighted by atomic mass is 9.98. The SMILES string of the molecule is O=C(O)N1CCOCC1C(O)c1cccc2cccnc12. The van der Waals surface area contributed by atoms with Gasteiger partial charge >= 0.3 is 6.09 Å². The summed E-state index contributed by atoms with van der Waals surface area (Å²) in [6.07, 6.45) is -0.360. The van der Waals surface area contributed by atoms with Crippen LogP contribution >= 0.6 is 0 Å². The standard InChI is InChI=1S/C15H16N2O4/c18-14(12-9-21-8-7-17(12)15(19)20)11-5-1-3-10-4-2-6-16-13(10)11/h1-6,12,14,18H,7-9H2,(H,19,20). The predicted molar refractivity (Wildman–Crippen MR) is 76.0 cm³/mol. The largest absolute Gasteiger partial charge is 0.465 e. The molecular formula is C15H16N2O4. The lowest BCUT2D eigenvalue weighted by Crippen LogP contribution is -2.51. The Morgan fingerprint density at radius 3 is 3.00 bits per heavy atom. The Kier molecular flexibility index (Phi) is 3.72. The van der Waals surface area contributed by atoms with Gasteiger partial charge in [0.05, 0.1) is 24.8 Å². The zero-order valence-corrected chi connectivity index (χ0v) is 11.3. The third-order valence-corrected chi connectivity index (χ3v) is 3.76. The fourth-order valence-electron chi connectivity index (χ4n) is 2.70. The van der Waals surface area contributed by atoms with Crippen molar-refractivity contribution >= 4 is 17.0 Å². The molecule has 0 spiro atoms. The Labute approximate surface area is 121 Å². The first-order valence-corrected chi connectivity index (χ1v) is 6.77. The molecule has 2 heterocycles. The normalized spacial score (nSPS) is 20.4. The number of carboxylic acid groups (broad SMARTS) is 1. The number of carbonyl (C=O) groups is 1. The van der Waals surface area contributed by atoms with Gasteiger partial charge in [0, 0.05) is 23.7 Å². The van der Waals surface area contributed by atoms with Gasteiger partial charge in [0.25, 0.3) is 0 Å². The smallest absolute Gasteiger partial charge is 0.407 e. The quantitative estimate of drug-likeness (QED) is 0.878. The van der Waals surface area contributed by atoms with Crippen molar-refractivity contribution in [2.45, 2.75) is 12.1 Å². The third-order valence-electron chi connectivity index (χ3n) is 3.76. The average molecular weight is 288 g/mol. The Balaban J connectivity index is 1.99. The van der Waals surface area contributed by atoms with Crippen molar-refractivity contribution in [3.63, 3.8) is 0 Å². The highest BCUT2D eigenvalue weighted by Gasteiger charge is 2.34. The number of aliphatic hydroxyl groups is 1. The average Bonchev–Trinajstić information content (AvgIpc) is 2.53. The van der Waals surface area contributed by atoms with Gasteiger partial charge in [-0.05, 0) is 6.07 Å². The number of morpholine rings is 1. The summed E-state index contributed by atoms with van der Waals surface area (Å²) in [5.74, 6) is 0. The fourth-order valence-corrected chi connectivity index (χ4v) is 2.70. The molecule has 1 amide bonds. The van der Waals surface area contributed by atoms with Crippen LogP contribution in [0.2, 0.25) is 0 Å². The number of hydrogen-bond acceptors (Lipinski definition) is 4. The van der Waals surface area contributed by atoms with E-state index in [4.69, 9.17) is 4.74 Å². The highest BCUT2D eigenvalue weighted by Crippen LogP contribution is 2.28. The summed E-state index contributed by atoms with van der Waals surface area (Å²) in [4.78, 5) is 16.8. The van der Waals surface area contributed by atoms with E-state index >= 15 is 0 Å². The highest BCUT2D eigenvalue weighted by molar-refractivity contribution is 5.82. The number of ether oxygens (including phenoxy) is 1. The number of hydrogen-bond donors (Lipinski definition) is 2. The highest BCUT2D eigenvalue weighted by atomic mass is 16.5. The van der Waals surface area contributed by atoms with Gasteiger partial charge in [0.15, 0.2) is 0 Å². The number of aliphatic hydroxyl groups excluding tert-OH is 1. The number of aromatic nitrogens is 1. The van der Waals surface area contributed by atoms with E-state index in [1.165, 1.54) is 4.90 Å². The number of para-hydroxylation sites is 1. The van der Waals surface area contributed by atoms with Gasteiger partial charge in [-0.3, -0.25) is 9.88 Å². The van der Waals surface area contributed by atoms with Gasteiger partial charge in [0.2, 0.25) is 0 Å². The number of nitrogens with zero attached hydrogens (tertiary/aromatic N) is 2. The summed E-state index contributed by atoms with van der Waals surface area (Å²) in [5, 5.41) is 20.8. The molecule has 0 saturated carbocycles. The molecule has 1 saturated heterocycles. The van der Waals surface area contributed by atoms with Gasteiger partial charge in [-0.1, -0.05) is 24.3 Å². The minimum absolute atomic E-state index is 0.177. The predicted octanol–water partition coefficient (Wildman–Crippen LogP) is 1.65. The monoisotopic (exact) mass is 288 g/mol. The van der Waals surface area contributed by atoms with Crippen LogP contribution in [0.1, 0.15) is 11.7 Å². The summed E-state index contributed by atoms with van der Waals surface area (Å²) < 4.78 is 5.33. The molecule has 2 unspecified atom stereocenters. The topological polar surface area (TPSA) is 82.9 Å². The van der Waals surface area contributed by atoms with Crippen molar-refractivity contribution in [1.82, 2.24) is 9.88 Å². The Morgan fingerprint density at radius 1 is 1.38 bits per heavy atom. The van der Waals surface area contributed by atoms with E-state index in [2.05, 4.69) is 4.98 Å². The molecule has 6 nitrogen and oxygen atoms in total. The first-order chi connectivity index (χ1) is 10.2. The van der Waals surface area contributed by atoms with Gasteiger partial charge in [-0.15, -0.1) is 0 Å². The van der Waals surface area contributed by atoms with Crippen LogP contribution in [0.4, 0.5) is 4.79 Å². The van der Waals surface area contributed by atoms with E-state index in [0.717, 1.165) is 5.39 Å². The number of amides is 1. The van der Waals surface area contributed by atoms with E-state index in [9.17, 15) is 15.0 Å². The molecule has 1 aromatic carbocycles. The molecule has 1 aliphatic heterocycles. The number of rotatable bonds is 2. The molecule has 2 atom stereocenters. The fraction of sp³-hybridized carbons (Fsp3) is 0.333. The van der Waals surface area contributed by atoms with Crippen molar-refractivity contribution in [3.8, 4) is 0 Å². The Bertz CT molecular complexity index is 656. The molecule has 0 aliphatic carbocycles. The van der Waals surface area contributed by atoms with Crippen molar-refractivity contribution in [2.24, 2.45) is 0 Å². The van der Waals surface area contributed by atoms with Gasteiger partial charge in [0.1, 0.15) is 6.10 Å². The molecule has 3 rings (SSSR count). The molecule has 6 heteroatoms. The molecule has 21 heavy (non-hydrogen) atoms. The molecule has 2 aromatic rings. The molecule has 2 N–H and O–H groups in total. The van der Waals surface area contributed by atoms with E-state index in [-0.39, 0.29) is 13.2 Å². The Hall–Kier alpha value is -2.18.